The van der Waals surface area contributed by atoms with Gasteiger partial charge >= 0.3 is 18.0 Å². The van der Waals surface area contributed by atoms with Gasteiger partial charge in [0.2, 0.25) is 0 Å². The molecule has 4 aromatic rings. The Labute approximate surface area is 220 Å². The Bertz CT molecular complexity index is 1370. The number of aromatic carboxylic acids is 1. The van der Waals surface area contributed by atoms with E-state index in [4.69, 9.17) is 9.84 Å². The van der Waals surface area contributed by atoms with E-state index in [2.05, 4.69) is 10.4 Å². The van der Waals surface area contributed by atoms with Crippen molar-refractivity contribution in [2.75, 3.05) is 0 Å². The molecule has 194 valence electrons. The van der Waals surface area contributed by atoms with Crippen LogP contribution in [0.2, 0.25) is 0 Å². The summed E-state index contributed by atoms with van der Waals surface area (Å²) in [5.74, 6) is -2.07. The molecule has 0 aliphatic heterocycles. The molecule has 0 spiro atoms. The maximum Gasteiger partial charge on any atom is 0.356 e. The quantitative estimate of drug-likeness (QED) is 0.284. The number of rotatable bonds is 10. The maximum absolute atomic E-state index is 12.9. The summed E-state index contributed by atoms with van der Waals surface area (Å²) in [6.07, 6.45) is 2.08. The lowest BCUT2D eigenvalue weighted by Gasteiger charge is -2.22. The van der Waals surface area contributed by atoms with E-state index in [1.54, 1.807) is 6.92 Å². The molecular formula is C30H29N3O5. The van der Waals surface area contributed by atoms with Crippen LogP contribution in [0.25, 0.3) is 11.1 Å². The molecule has 1 heterocycles. The third kappa shape index (κ3) is 7.16. The number of amides is 1. The molecule has 0 aliphatic carbocycles. The Morgan fingerprint density at radius 1 is 0.868 bits per heavy atom. The van der Waals surface area contributed by atoms with Crippen molar-refractivity contribution < 1.29 is 24.2 Å². The molecule has 0 unspecified atom stereocenters. The largest absolute Gasteiger partial charge is 0.476 e. The first-order chi connectivity index (χ1) is 18.4. The third-order valence-corrected chi connectivity index (χ3v) is 6.15. The predicted molar refractivity (Wildman–Crippen MR) is 143 cm³/mol. The van der Waals surface area contributed by atoms with Gasteiger partial charge in [-0.2, -0.15) is 9.78 Å². The Balaban J connectivity index is 1.45. The standard InChI is InChI=1S/C30H29N3O5/c1-21(29(36)38-20-23-8-4-2-5-9-23)18-26(31-30(37)33-17-16-27(32-33)28(34)35)19-22-12-14-25(15-13-22)24-10-6-3-7-11-24/h2-17,21,26H,18-20H2,1H3,(H,31,37)(H,34,35)/t21-,26+/m1/s1. The minimum absolute atomic E-state index is 0.174. The zero-order valence-corrected chi connectivity index (χ0v) is 21.0. The first kappa shape index (κ1) is 26.3. The molecule has 0 saturated heterocycles. The number of benzene rings is 3. The second-order valence-corrected chi connectivity index (χ2v) is 9.09. The van der Waals surface area contributed by atoms with Gasteiger partial charge in [0.05, 0.1) is 5.92 Å². The van der Waals surface area contributed by atoms with E-state index < -0.39 is 24.0 Å². The highest BCUT2D eigenvalue weighted by Gasteiger charge is 2.23. The van der Waals surface area contributed by atoms with Crippen molar-refractivity contribution in [3.8, 4) is 11.1 Å². The number of hydrogen-bond acceptors (Lipinski definition) is 5. The van der Waals surface area contributed by atoms with Gasteiger partial charge in [0.15, 0.2) is 5.69 Å². The van der Waals surface area contributed by atoms with E-state index in [1.165, 1.54) is 12.3 Å². The number of esters is 1. The van der Waals surface area contributed by atoms with Crippen LogP contribution >= 0.6 is 0 Å². The van der Waals surface area contributed by atoms with Crippen molar-refractivity contribution in [1.82, 2.24) is 15.1 Å². The molecule has 38 heavy (non-hydrogen) atoms. The fraction of sp³-hybridized carbons (Fsp3) is 0.200. The molecule has 4 rings (SSSR count). The van der Waals surface area contributed by atoms with E-state index in [1.807, 2.05) is 84.9 Å². The number of aromatic nitrogens is 2. The number of nitrogens with one attached hydrogen (secondary N) is 1. The third-order valence-electron chi connectivity index (χ3n) is 6.15. The van der Waals surface area contributed by atoms with Crippen LogP contribution < -0.4 is 5.32 Å². The topological polar surface area (TPSA) is 111 Å². The molecule has 2 N–H and O–H groups in total. The Morgan fingerprint density at radius 2 is 1.50 bits per heavy atom. The van der Waals surface area contributed by atoms with Crippen LogP contribution in [0, 0.1) is 5.92 Å². The molecule has 3 aromatic carbocycles. The molecule has 0 fully saturated rings. The number of nitrogens with zero attached hydrogens (tertiary/aromatic N) is 2. The highest BCUT2D eigenvalue weighted by atomic mass is 16.5. The molecule has 0 saturated carbocycles. The molecule has 0 radical (unpaired) electrons. The van der Waals surface area contributed by atoms with Crippen LogP contribution in [0.1, 0.15) is 35.0 Å². The van der Waals surface area contributed by atoms with Crippen LogP contribution in [0.5, 0.6) is 0 Å². The van der Waals surface area contributed by atoms with Crippen molar-refractivity contribution >= 4 is 18.0 Å². The summed E-state index contributed by atoms with van der Waals surface area (Å²) >= 11 is 0. The summed E-state index contributed by atoms with van der Waals surface area (Å²) < 4.78 is 6.44. The highest BCUT2D eigenvalue weighted by molar-refractivity contribution is 5.86. The summed E-state index contributed by atoms with van der Waals surface area (Å²) in [4.78, 5) is 36.7. The lowest BCUT2D eigenvalue weighted by atomic mass is 9.95. The Morgan fingerprint density at radius 3 is 2.13 bits per heavy atom. The van der Waals surface area contributed by atoms with Gasteiger partial charge < -0.3 is 15.2 Å². The van der Waals surface area contributed by atoms with Gasteiger partial charge in [-0.25, -0.2) is 9.59 Å². The van der Waals surface area contributed by atoms with E-state index in [0.29, 0.717) is 12.8 Å². The molecule has 8 nitrogen and oxygen atoms in total. The number of carbonyl (C=O) groups excluding carboxylic acids is 2. The molecular weight excluding hydrogens is 482 g/mol. The van der Waals surface area contributed by atoms with E-state index in [-0.39, 0.29) is 18.3 Å². The zero-order chi connectivity index (χ0) is 26.9. The van der Waals surface area contributed by atoms with Gasteiger partial charge in [-0.05, 0) is 41.2 Å². The van der Waals surface area contributed by atoms with Crippen LogP contribution in [0.3, 0.4) is 0 Å². The van der Waals surface area contributed by atoms with E-state index >= 15 is 0 Å². The fourth-order valence-electron chi connectivity index (χ4n) is 4.13. The number of carbonyl (C=O) groups is 3. The van der Waals surface area contributed by atoms with Crippen LogP contribution in [0.15, 0.2) is 97.2 Å². The normalized spacial score (nSPS) is 12.3. The number of carboxylic acid groups (broad SMARTS) is 1. The number of carboxylic acids is 1. The monoisotopic (exact) mass is 511 g/mol. The number of ether oxygens (including phenoxy) is 1. The molecule has 0 bridgehead atoms. The molecule has 1 aromatic heterocycles. The van der Waals surface area contributed by atoms with Gasteiger partial charge in [0.1, 0.15) is 6.61 Å². The average Bonchev–Trinajstić information content (AvgIpc) is 3.44. The van der Waals surface area contributed by atoms with Gasteiger partial charge in [-0.1, -0.05) is 91.9 Å². The summed E-state index contributed by atoms with van der Waals surface area (Å²) in [5, 5.41) is 15.8. The van der Waals surface area contributed by atoms with Crippen molar-refractivity contribution in [1.29, 1.82) is 0 Å². The van der Waals surface area contributed by atoms with Crippen molar-refractivity contribution in [3.05, 3.63) is 114 Å². The van der Waals surface area contributed by atoms with Gasteiger partial charge in [0, 0.05) is 12.2 Å². The second-order valence-electron chi connectivity index (χ2n) is 9.09. The van der Waals surface area contributed by atoms with Crippen molar-refractivity contribution in [2.45, 2.75) is 32.4 Å². The lowest BCUT2D eigenvalue weighted by molar-refractivity contribution is -0.149. The number of hydrogen-bond donors (Lipinski definition) is 2. The van der Waals surface area contributed by atoms with Gasteiger partial charge in [0.25, 0.3) is 0 Å². The summed E-state index contributed by atoms with van der Waals surface area (Å²) in [7, 11) is 0. The molecule has 0 aliphatic rings. The zero-order valence-electron chi connectivity index (χ0n) is 21.0. The summed E-state index contributed by atoms with van der Waals surface area (Å²) in [6, 6.07) is 27.7. The van der Waals surface area contributed by atoms with Crippen LogP contribution in [-0.4, -0.2) is 38.9 Å². The van der Waals surface area contributed by atoms with Crippen molar-refractivity contribution in [3.63, 3.8) is 0 Å². The average molecular weight is 512 g/mol. The van der Waals surface area contributed by atoms with E-state index in [9.17, 15) is 14.4 Å². The van der Waals surface area contributed by atoms with Gasteiger partial charge in [-0.15, -0.1) is 0 Å². The first-order valence-electron chi connectivity index (χ1n) is 12.3. The Hall–Kier alpha value is -4.72. The summed E-state index contributed by atoms with van der Waals surface area (Å²) in [6.45, 7) is 1.94. The SMILES string of the molecule is C[C@H](C[C@@H](Cc1ccc(-c2ccccc2)cc1)NC(=O)n1ccc(C(=O)O)n1)C(=O)OCc1ccccc1. The van der Waals surface area contributed by atoms with Gasteiger partial charge in [-0.3, -0.25) is 4.79 Å². The predicted octanol–water partition coefficient (Wildman–Crippen LogP) is 5.19. The van der Waals surface area contributed by atoms with Crippen molar-refractivity contribution in [2.24, 2.45) is 5.92 Å². The molecule has 1 amide bonds. The van der Waals surface area contributed by atoms with Crippen LogP contribution in [-0.2, 0) is 22.6 Å². The molecule has 8 heteroatoms. The molecule has 2 atom stereocenters. The second kappa shape index (κ2) is 12.5. The summed E-state index contributed by atoms with van der Waals surface area (Å²) in [5.41, 5.74) is 3.82. The van der Waals surface area contributed by atoms with Crippen LogP contribution in [0.4, 0.5) is 4.79 Å². The minimum Gasteiger partial charge on any atom is -0.476 e. The highest BCUT2D eigenvalue weighted by Crippen LogP contribution is 2.21. The Kier molecular flexibility index (Phi) is 8.66. The maximum atomic E-state index is 12.9. The fourth-order valence-corrected chi connectivity index (χ4v) is 4.13. The van der Waals surface area contributed by atoms with E-state index in [0.717, 1.165) is 26.9 Å². The smallest absolute Gasteiger partial charge is 0.356 e. The lowest BCUT2D eigenvalue weighted by Crippen LogP contribution is -2.41. The minimum atomic E-state index is -1.22. The first-order valence-corrected chi connectivity index (χ1v) is 12.3.